The summed E-state index contributed by atoms with van der Waals surface area (Å²) in [7, 11) is 0. The monoisotopic (exact) mass is 259 g/mol. The molecule has 0 saturated heterocycles. The molecule has 19 heavy (non-hydrogen) atoms. The van der Waals surface area contributed by atoms with E-state index in [2.05, 4.69) is 9.72 Å². The van der Waals surface area contributed by atoms with Gasteiger partial charge in [-0.1, -0.05) is 36.4 Å². The number of hydrogen-bond acceptors (Lipinski definition) is 2. The standard InChI is InChI=1S/C15H11F2NO/c16-12-9-19-15(17)13(12)14-11(7-4-8-18-14)10-5-2-1-3-6-10/h1-9,13,15H. The maximum Gasteiger partial charge on any atom is 0.252 e. The van der Waals surface area contributed by atoms with Crippen molar-refractivity contribution in [3.63, 3.8) is 0 Å². The van der Waals surface area contributed by atoms with E-state index in [0.717, 1.165) is 11.8 Å². The molecule has 0 N–H and O–H groups in total. The highest BCUT2D eigenvalue weighted by molar-refractivity contribution is 5.67. The third-order valence-electron chi connectivity index (χ3n) is 3.09. The molecule has 0 fully saturated rings. The fourth-order valence-corrected chi connectivity index (χ4v) is 2.19. The molecule has 96 valence electrons. The largest absolute Gasteiger partial charge is 0.464 e. The van der Waals surface area contributed by atoms with Gasteiger partial charge < -0.3 is 4.74 Å². The summed E-state index contributed by atoms with van der Waals surface area (Å²) in [4.78, 5) is 4.14. The summed E-state index contributed by atoms with van der Waals surface area (Å²) in [6.07, 6.45) is 0.621. The van der Waals surface area contributed by atoms with Gasteiger partial charge in [-0.25, -0.2) is 8.78 Å². The molecule has 1 aromatic carbocycles. The summed E-state index contributed by atoms with van der Waals surface area (Å²) >= 11 is 0. The molecule has 0 radical (unpaired) electrons. The van der Waals surface area contributed by atoms with Gasteiger partial charge in [0.25, 0.3) is 6.36 Å². The van der Waals surface area contributed by atoms with Crippen molar-refractivity contribution in [1.29, 1.82) is 0 Å². The van der Waals surface area contributed by atoms with Gasteiger partial charge >= 0.3 is 0 Å². The number of pyridine rings is 1. The topological polar surface area (TPSA) is 22.1 Å². The summed E-state index contributed by atoms with van der Waals surface area (Å²) < 4.78 is 31.9. The lowest BCUT2D eigenvalue weighted by molar-refractivity contribution is 0.0312. The highest BCUT2D eigenvalue weighted by Gasteiger charge is 2.36. The summed E-state index contributed by atoms with van der Waals surface area (Å²) in [6.45, 7) is 0. The van der Waals surface area contributed by atoms with E-state index in [-0.39, 0.29) is 0 Å². The summed E-state index contributed by atoms with van der Waals surface area (Å²) in [5.41, 5.74) is 1.94. The molecular weight excluding hydrogens is 248 g/mol. The average molecular weight is 259 g/mol. The van der Waals surface area contributed by atoms with E-state index in [1.54, 1.807) is 12.1 Å². The van der Waals surface area contributed by atoms with Crippen molar-refractivity contribution in [2.75, 3.05) is 0 Å². The van der Waals surface area contributed by atoms with Crippen molar-refractivity contribution in [1.82, 2.24) is 4.98 Å². The Kier molecular flexibility index (Phi) is 2.99. The number of nitrogens with zero attached hydrogens (tertiary/aromatic N) is 1. The van der Waals surface area contributed by atoms with Crippen LogP contribution < -0.4 is 0 Å². The molecule has 4 heteroatoms. The second kappa shape index (κ2) is 4.80. The highest BCUT2D eigenvalue weighted by Crippen LogP contribution is 2.39. The normalized spacial score (nSPS) is 21.9. The van der Waals surface area contributed by atoms with Crippen molar-refractivity contribution in [3.05, 3.63) is 66.4 Å². The number of aromatic nitrogens is 1. The van der Waals surface area contributed by atoms with Crippen molar-refractivity contribution < 1.29 is 13.5 Å². The van der Waals surface area contributed by atoms with Crippen LogP contribution in [0.2, 0.25) is 0 Å². The number of benzene rings is 1. The molecule has 0 spiro atoms. The van der Waals surface area contributed by atoms with Gasteiger partial charge in [-0.15, -0.1) is 0 Å². The van der Waals surface area contributed by atoms with Crippen LogP contribution in [-0.4, -0.2) is 11.3 Å². The molecule has 0 amide bonds. The quantitative estimate of drug-likeness (QED) is 0.814. The van der Waals surface area contributed by atoms with E-state index in [0.29, 0.717) is 11.3 Å². The van der Waals surface area contributed by atoms with Crippen molar-refractivity contribution >= 4 is 0 Å². The first-order chi connectivity index (χ1) is 9.27. The Morgan fingerprint density at radius 1 is 1.05 bits per heavy atom. The maximum atomic E-state index is 13.7. The zero-order valence-corrected chi connectivity index (χ0v) is 9.96. The molecule has 3 rings (SSSR count). The Hall–Kier alpha value is -2.23. The van der Waals surface area contributed by atoms with Gasteiger partial charge in [0.2, 0.25) is 0 Å². The fraction of sp³-hybridized carbons (Fsp3) is 0.133. The number of alkyl halides is 1. The SMILES string of the molecule is FC1=COC(F)C1c1ncccc1-c1ccccc1. The molecule has 0 saturated carbocycles. The van der Waals surface area contributed by atoms with Crippen LogP contribution in [0.25, 0.3) is 11.1 Å². The first-order valence-electron chi connectivity index (χ1n) is 5.93. The van der Waals surface area contributed by atoms with Crippen LogP contribution in [0.5, 0.6) is 0 Å². The molecule has 0 aliphatic carbocycles. The van der Waals surface area contributed by atoms with Gasteiger partial charge in [-0.3, -0.25) is 4.98 Å². The first kappa shape index (κ1) is 11.8. The van der Waals surface area contributed by atoms with E-state index in [1.165, 1.54) is 6.20 Å². The van der Waals surface area contributed by atoms with Gasteiger partial charge in [0.15, 0.2) is 5.83 Å². The number of rotatable bonds is 2. The van der Waals surface area contributed by atoms with Crippen LogP contribution in [0.3, 0.4) is 0 Å². The average Bonchev–Trinajstić information content (AvgIpc) is 2.79. The molecule has 0 bridgehead atoms. The first-order valence-corrected chi connectivity index (χ1v) is 5.93. The lowest BCUT2D eigenvalue weighted by Crippen LogP contribution is -2.13. The molecule has 2 atom stereocenters. The Labute approximate surface area is 109 Å². The number of halogens is 2. The van der Waals surface area contributed by atoms with Crippen molar-refractivity contribution in [2.24, 2.45) is 0 Å². The molecule has 2 unspecified atom stereocenters. The molecule has 1 aliphatic heterocycles. The van der Waals surface area contributed by atoms with E-state index >= 15 is 0 Å². The minimum atomic E-state index is -1.72. The Morgan fingerprint density at radius 2 is 1.84 bits per heavy atom. The van der Waals surface area contributed by atoms with Crippen molar-refractivity contribution in [3.8, 4) is 11.1 Å². The van der Waals surface area contributed by atoms with Crippen molar-refractivity contribution in [2.45, 2.75) is 12.3 Å². The van der Waals surface area contributed by atoms with Crippen LogP contribution >= 0.6 is 0 Å². The van der Waals surface area contributed by atoms with Gasteiger partial charge in [-0.2, -0.15) is 0 Å². The maximum absolute atomic E-state index is 13.7. The molecule has 2 heterocycles. The molecule has 2 aromatic rings. The fourth-order valence-electron chi connectivity index (χ4n) is 2.19. The highest BCUT2D eigenvalue weighted by atomic mass is 19.2. The predicted molar refractivity (Wildman–Crippen MR) is 67.6 cm³/mol. The molecule has 2 nitrogen and oxygen atoms in total. The molecule has 1 aromatic heterocycles. The van der Waals surface area contributed by atoms with Gasteiger partial charge in [0, 0.05) is 11.8 Å². The van der Waals surface area contributed by atoms with Gasteiger partial charge in [0.1, 0.15) is 12.2 Å². The molecule has 1 aliphatic rings. The summed E-state index contributed by atoms with van der Waals surface area (Å²) in [5.74, 6) is -1.72. The summed E-state index contributed by atoms with van der Waals surface area (Å²) in [6, 6.07) is 12.9. The minimum absolute atomic E-state index is 0.354. The predicted octanol–water partition coefficient (Wildman–Crippen LogP) is 3.97. The zero-order chi connectivity index (χ0) is 13.2. The second-order valence-corrected chi connectivity index (χ2v) is 4.27. The van der Waals surface area contributed by atoms with Gasteiger partial charge in [-0.05, 0) is 11.6 Å². The smallest absolute Gasteiger partial charge is 0.252 e. The van der Waals surface area contributed by atoms with E-state index in [4.69, 9.17) is 0 Å². The van der Waals surface area contributed by atoms with Crippen LogP contribution in [0, 0.1) is 0 Å². The van der Waals surface area contributed by atoms with Crippen LogP contribution in [0.4, 0.5) is 8.78 Å². The van der Waals surface area contributed by atoms with E-state index in [9.17, 15) is 8.78 Å². The zero-order valence-electron chi connectivity index (χ0n) is 9.96. The van der Waals surface area contributed by atoms with Crippen LogP contribution in [0.1, 0.15) is 11.6 Å². The third kappa shape index (κ3) is 2.10. The van der Waals surface area contributed by atoms with Gasteiger partial charge in [0.05, 0.1) is 5.69 Å². The number of hydrogen-bond donors (Lipinski definition) is 0. The van der Waals surface area contributed by atoms with E-state index in [1.807, 2.05) is 30.3 Å². The van der Waals surface area contributed by atoms with E-state index < -0.39 is 18.1 Å². The van der Waals surface area contributed by atoms with Crippen LogP contribution in [-0.2, 0) is 4.74 Å². The lowest BCUT2D eigenvalue weighted by atomic mass is 9.95. The van der Waals surface area contributed by atoms with Crippen LogP contribution in [0.15, 0.2) is 60.8 Å². The number of ether oxygens (including phenoxy) is 1. The third-order valence-corrected chi connectivity index (χ3v) is 3.09. The Balaban J connectivity index is 2.11. The second-order valence-electron chi connectivity index (χ2n) is 4.27. The lowest BCUT2D eigenvalue weighted by Gasteiger charge is -2.15. The Morgan fingerprint density at radius 3 is 2.53 bits per heavy atom. The molecular formula is C15H11F2NO. The minimum Gasteiger partial charge on any atom is -0.464 e. The summed E-state index contributed by atoms with van der Waals surface area (Å²) in [5, 5.41) is 0. The Bertz CT molecular complexity index is 613.